The molecule has 1 nitrogen and oxygen atoms in total. The van der Waals surface area contributed by atoms with Gasteiger partial charge in [0.25, 0.3) is 0 Å². The summed E-state index contributed by atoms with van der Waals surface area (Å²) < 4.78 is 12.3. The maximum Gasteiger partial charge on any atom is 0.0948 e. The fourth-order valence-electron chi connectivity index (χ4n) is 1.01. The van der Waals surface area contributed by atoms with Crippen molar-refractivity contribution in [3.63, 3.8) is 0 Å². The minimum absolute atomic E-state index is 0. The van der Waals surface area contributed by atoms with E-state index in [-0.39, 0.29) is 17.7 Å². The average Bonchev–Trinajstić information content (AvgIpc) is 1.58. The molecule has 0 aliphatic heterocycles. The lowest BCUT2D eigenvalue weighted by Crippen LogP contribution is -2.27. The molecule has 0 aromatic rings. The third-order valence-electron chi connectivity index (χ3n) is 2.56. The zero-order valence-electron chi connectivity index (χ0n) is 8.86. The summed E-state index contributed by atoms with van der Waals surface area (Å²) in [6.07, 6.45) is 0. The van der Waals surface area contributed by atoms with Crippen LogP contribution in [-0.4, -0.2) is 17.0 Å². The quantitative estimate of drug-likeness (QED) is 0.525. The summed E-state index contributed by atoms with van der Waals surface area (Å²) in [7, 11) is -2.06. The number of hydrogen-bond acceptors (Lipinski definition) is 1. The summed E-state index contributed by atoms with van der Waals surface area (Å²) in [6, 6.07) is 0. The van der Waals surface area contributed by atoms with Crippen LogP contribution in [0.4, 0.5) is 0 Å². The second kappa shape index (κ2) is 3.54. The Hall–Kier alpha value is 0.230. The highest BCUT2D eigenvalue weighted by atomic mass is 31.2. The van der Waals surface area contributed by atoms with Gasteiger partial charge in [-0.15, -0.1) is 0 Å². The molecule has 0 radical (unpaired) electrons. The molecule has 2 heteroatoms. The lowest BCUT2D eigenvalue weighted by molar-refractivity contribution is 0.523. The normalized spacial score (nSPS) is 13.9. The minimum atomic E-state index is -2.06. The van der Waals surface area contributed by atoms with E-state index in [4.69, 9.17) is 0 Å². The Morgan fingerprint density at radius 1 is 0.833 bits per heavy atom. The second-order valence-electron chi connectivity index (χ2n) is 5.27. The maximum atomic E-state index is 12.3. The first kappa shape index (κ1) is 14.7. The molecule has 0 fully saturated rings. The predicted octanol–water partition coefficient (Wildman–Crippen LogP) is 4.21. The van der Waals surface area contributed by atoms with Gasteiger partial charge in [0, 0.05) is 10.3 Å². The third-order valence-corrected chi connectivity index (χ3v) is 7.68. The van der Waals surface area contributed by atoms with E-state index in [1.165, 1.54) is 0 Å². The summed E-state index contributed by atoms with van der Waals surface area (Å²) in [5.74, 6) is 0. The molecule has 76 valence electrons. The van der Waals surface area contributed by atoms with Gasteiger partial charge in [-0.3, -0.25) is 0 Å². The maximum absolute atomic E-state index is 12.3. The molecule has 0 aliphatic rings. The first-order valence-corrected chi connectivity index (χ1v) is 6.23. The van der Waals surface area contributed by atoms with Gasteiger partial charge in [-0.1, -0.05) is 49.0 Å². The third kappa shape index (κ3) is 2.62. The molecular weight excluding hydrogens is 167 g/mol. The molecular formula is C10H25OP. The van der Waals surface area contributed by atoms with Gasteiger partial charge in [0.05, 0.1) is 7.14 Å². The van der Waals surface area contributed by atoms with Gasteiger partial charge in [0.1, 0.15) is 0 Å². The van der Waals surface area contributed by atoms with Crippen LogP contribution in [0.3, 0.4) is 0 Å². The molecule has 0 aromatic carbocycles. The molecule has 0 aliphatic carbocycles. The van der Waals surface area contributed by atoms with Crippen LogP contribution in [0.25, 0.3) is 0 Å². The van der Waals surface area contributed by atoms with Crippen molar-refractivity contribution in [2.45, 2.75) is 59.3 Å². The molecule has 0 amide bonds. The van der Waals surface area contributed by atoms with Gasteiger partial charge in [0.15, 0.2) is 0 Å². The molecule has 0 saturated carbocycles. The molecule has 0 rings (SSSR count). The smallest absolute Gasteiger partial charge is 0.0948 e. The van der Waals surface area contributed by atoms with E-state index in [0.717, 1.165) is 0 Å². The van der Waals surface area contributed by atoms with Crippen LogP contribution in [0.1, 0.15) is 49.0 Å². The Morgan fingerprint density at radius 3 is 1.00 bits per heavy atom. The zero-order valence-corrected chi connectivity index (χ0v) is 9.75. The van der Waals surface area contributed by atoms with E-state index in [9.17, 15) is 4.57 Å². The highest BCUT2D eigenvalue weighted by Crippen LogP contribution is 2.63. The van der Waals surface area contributed by atoms with Gasteiger partial charge >= 0.3 is 0 Å². The summed E-state index contributed by atoms with van der Waals surface area (Å²) in [4.78, 5) is 0. The standard InChI is InChI=1S/C9H21OP.CH4/c1-8(2,3)11(7,10)9(4,5)6;/h1-7H3;1H4. The van der Waals surface area contributed by atoms with Gasteiger partial charge in [-0.25, -0.2) is 0 Å². The molecule has 12 heavy (non-hydrogen) atoms. The molecule has 0 aromatic heterocycles. The summed E-state index contributed by atoms with van der Waals surface area (Å²) in [5, 5.41) is -0.128. The number of hydrogen-bond donors (Lipinski definition) is 0. The van der Waals surface area contributed by atoms with Gasteiger partial charge in [0.2, 0.25) is 0 Å². The van der Waals surface area contributed by atoms with Crippen LogP contribution >= 0.6 is 7.14 Å². The first-order chi connectivity index (χ1) is 4.50. The molecule has 0 atom stereocenters. The van der Waals surface area contributed by atoms with Gasteiger partial charge < -0.3 is 4.57 Å². The highest BCUT2D eigenvalue weighted by Gasteiger charge is 2.41. The van der Waals surface area contributed by atoms with E-state index in [0.29, 0.717) is 0 Å². The number of rotatable bonds is 0. The Labute approximate surface area is 78.3 Å². The fourth-order valence-corrected chi connectivity index (χ4v) is 3.02. The van der Waals surface area contributed by atoms with Crippen LogP contribution in [0.15, 0.2) is 0 Å². The Balaban J connectivity index is 0. The highest BCUT2D eigenvalue weighted by molar-refractivity contribution is 7.66. The van der Waals surface area contributed by atoms with E-state index >= 15 is 0 Å². The lowest BCUT2D eigenvalue weighted by atomic mass is 10.2. The SMILES string of the molecule is C.CC(C)(C)P(C)(=O)C(C)(C)C. The van der Waals surface area contributed by atoms with Crippen LogP contribution in [0.5, 0.6) is 0 Å². The van der Waals surface area contributed by atoms with Crippen LogP contribution in [0, 0.1) is 0 Å². The topological polar surface area (TPSA) is 17.1 Å². The molecule has 0 bridgehead atoms. The van der Waals surface area contributed by atoms with Crippen molar-refractivity contribution in [2.75, 3.05) is 6.66 Å². The van der Waals surface area contributed by atoms with Crippen molar-refractivity contribution in [1.29, 1.82) is 0 Å². The van der Waals surface area contributed by atoms with Gasteiger partial charge in [-0.2, -0.15) is 0 Å². The molecule has 0 unspecified atom stereocenters. The molecule has 0 saturated heterocycles. The van der Waals surface area contributed by atoms with Crippen molar-refractivity contribution in [1.82, 2.24) is 0 Å². The fraction of sp³-hybridized carbons (Fsp3) is 1.00. The molecule has 0 spiro atoms. The van der Waals surface area contributed by atoms with Crippen molar-refractivity contribution >= 4 is 7.14 Å². The van der Waals surface area contributed by atoms with Crippen LogP contribution in [-0.2, 0) is 4.57 Å². The summed E-state index contributed by atoms with van der Waals surface area (Å²) in [6.45, 7) is 14.2. The van der Waals surface area contributed by atoms with Gasteiger partial charge in [-0.05, 0) is 6.66 Å². The van der Waals surface area contributed by atoms with Crippen molar-refractivity contribution in [3.05, 3.63) is 0 Å². The minimum Gasteiger partial charge on any atom is -0.323 e. The summed E-state index contributed by atoms with van der Waals surface area (Å²) >= 11 is 0. The molecule has 0 heterocycles. The predicted molar refractivity (Wildman–Crippen MR) is 59.8 cm³/mol. The second-order valence-corrected chi connectivity index (χ2v) is 9.80. The van der Waals surface area contributed by atoms with Crippen LogP contribution < -0.4 is 0 Å². The monoisotopic (exact) mass is 192 g/mol. The largest absolute Gasteiger partial charge is 0.323 e. The zero-order chi connectivity index (χ0) is 9.50. The molecule has 0 N–H and O–H groups in total. The van der Waals surface area contributed by atoms with E-state index in [2.05, 4.69) is 41.5 Å². The lowest BCUT2D eigenvalue weighted by Gasteiger charge is -2.38. The van der Waals surface area contributed by atoms with E-state index in [1.807, 2.05) is 6.66 Å². The van der Waals surface area contributed by atoms with Crippen molar-refractivity contribution < 1.29 is 4.57 Å². The Kier molecular flexibility index (Phi) is 4.34. The van der Waals surface area contributed by atoms with Crippen molar-refractivity contribution in [2.24, 2.45) is 0 Å². The Bertz CT molecular complexity index is 163. The summed E-state index contributed by atoms with van der Waals surface area (Å²) in [5.41, 5.74) is 0. The average molecular weight is 192 g/mol. The van der Waals surface area contributed by atoms with E-state index in [1.54, 1.807) is 0 Å². The van der Waals surface area contributed by atoms with Crippen molar-refractivity contribution in [3.8, 4) is 0 Å². The van der Waals surface area contributed by atoms with Crippen LogP contribution in [0.2, 0.25) is 0 Å². The Morgan fingerprint density at radius 2 is 1.00 bits per heavy atom. The van der Waals surface area contributed by atoms with E-state index < -0.39 is 7.14 Å². The first-order valence-electron chi connectivity index (χ1n) is 4.08.